The Morgan fingerprint density at radius 1 is 1.32 bits per heavy atom. The van der Waals surface area contributed by atoms with Gasteiger partial charge in [0, 0.05) is 30.1 Å². The van der Waals surface area contributed by atoms with Crippen molar-refractivity contribution < 1.29 is 14.6 Å². The van der Waals surface area contributed by atoms with Crippen molar-refractivity contribution in [3.05, 3.63) is 53.1 Å². The number of ether oxygens (including phenoxy) is 1. The van der Waals surface area contributed by atoms with Gasteiger partial charge < -0.3 is 19.0 Å². The molecular weight excluding hydrogens is 354 g/mol. The zero-order chi connectivity index (χ0) is 19.8. The van der Waals surface area contributed by atoms with Crippen molar-refractivity contribution in [1.29, 1.82) is 0 Å². The second kappa shape index (κ2) is 7.53. The highest BCUT2D eigenvalue weighted by molar-refractivity contribution is 5.98. The first-order valence-corrected chi connectivity index (χ1v) is 9.90. The number of carbonyl (C=O) groups is 1. The second-order valence-corrected chi connectivity index (χ2v) is 7.67. The smallest absolute Gasteiger partial charge is 0.184 e. The summed E-state index contributed by atoms with van der Waals surface area (Å²) in [5, 5.41) is 10.1. The lowest BCUT2D eigenvalue weighted by Crippen LogP contribution is -2.18. The van der Waals surface area contributed by atoms with Crippen LogP contribution in [0.25, 0.3) is 11.0 Å². The summed E-state index contributed by atoms with van der Waals surface area (Å²) >= 11 is 0. The molecule has 1 aliphatic rings. The molecule has 0 spiro atoms. The summed E-state index contributed by atoms with van der Waals surface area (Å²) in [4.78, 5) is 17.7. The number of hydrogen-bond acceptors (Lipinski definition) is 4. The highest BCUT2D eigenvalue weighted by atomic mass is 16.5. The molecule has 3 aromatic rings. The Bertz CT molecular complexity index is 1010. The Hall–Kier alpha value is -2.44. The number of hydrogen-bond donors (Lipinski definition) is 1. The number of ketones is 1. The molecule has 1 aromatic carbocycles. The predicted molar refractivity (Wildman–Crippen MR) is 108 cm³/mol. The quantitative estimate of drug-likeness (QED) is 0.663. The molecule has 1 fully saturated rings. The van der Waals surface area contributed by atoms with Gasteiger partial charge in [0.2, 0.25) is 0 Å². The van der Waals surface area contributed by atoms with Crippen molar-refractivity contribution in [2.45, 2.75) is 58.9 Å². The fraction of sp³-hybridized carbons (Fsp3) is 0.455. The van der Waals surface area contributed by atoms with E-state index in [1.807, 2.05) is 48.7 Å². The summed E-state index contributed by atoms with van der Waals surface area (Å²) in [7, 11) is 0. The van der Waals surface area contributed by atoms with Gasteiger partial charge in [0.05, 0.1) is 23.7 Å². The van der Waals surface area contributed by atoms with Crippen molar-refractivity contribution in [1.82, 2.24) is 14.1 Å². The molecule has 0 radical (unpaired) electrons. The van der Waals surface area contributed by atoms with Crippen LogP contribution >= 0.6 is 0 Å². The van der Waals surface area contributed by atoms with E-state index < -0.39 is 6.10 Å². The Kier molecular flexibility index (Phi) is 5.08. The molecule has 0 amide bonds. The van der Waals surface area contributed by atoms with Crippen LogP contribution < -0.4 is 0 Å². The van der Waals surface area contributed by atoms with E-state index in [0.717, 1.165) is 54.0 Å². The topological polar surface area (TPSA) is 69.3 Å². The van der Waals surface area contributed by atoms with Gasteiger partial charge in [-0.2, -0.15) is 0 Å². The number of aryl methyl sites for hydroxylation is 1. The Labute approximate surface area is 164 Å². The lowest BCUT2D eigenvalue weighted by atomic mass is 10.1. The van der Waals surface area contributed by atoms with Gasteiger partial charge in [-0.25, -0.2) is 4.98 Å². The molecule has 2 aromatic heterocycles. The van der Waals surface area contributed by atoms with Crippen LogP contribution in [0.4, 0.5) is 0 Å². The fourth-order valence-corrected chi connectivity index (χ4v) is 4.16. The van der Waals surface area contributed by atoms with Gasteiger partial charge in [-0.3, -0.25) is 4.79 Å². The number of rotatable bonds is 6. The average molecular weight is 381 g/mol. The highest BCUT2D eigenvalue weighted by Crippen LogP contribution is 2.24. The number of aromatic nitrogens is 3. The van der Waals surface area contributed by atoms with Crippen molar-refractivity contribution in [3.8, 4) is 0 Å². The number of benzene rings is 1. The standard InChI is InChI=1S/C22H27N3O3/c1-14-11-18(15(2)24(14)12-17-7-6-10-28-17)21(27)13-25-20-9-5-4-8-19(20)23-22(25)16(3)26/h4-5,8-9,11,16-17,26H,6-7,10,12-13H2,1-3H3/t16-,17-/m1/s1. The molecule has 2 atom stereocenters. The summed E-state index contributed by atoms with van der Waals surface area (Å²) in [6.07, 6.45) is 1.66. The molecule has 3 heterocycles. The number of nitrogens with zero attached hydrogens (tertiary/aromatic N) is 3. The Morgan fingerprint density at radius 2 is 2.11 bits per heavy atom. The number of Topliss-reactive ketones (excluding diaryl/α,β-unsaturated/α-hetero) is 1. The van der Waals surface area contributed by atoms with E-state index in [1.54, 1.807) is 6.92 Å². The van der Waals surface area contributed by atoms with Crippen LogP contribution in [0, 0.1) is 13.8 Å². The van der Waals surface area contributed by atoms with Crippen LogP contribution in [0.15, 0.2) is 30.3 Å². The minimum Gasteiger partial charge on any atom is -0.385 e. The number of aliphatic hydroxyl groups excluding tert-OH is 1. The third kappa shape index (κ3) is 3.38. The molecule has 0 bridgehead atoms. The van der Waals surface area contributed by atoms with Gasteiger partial charge in [-0.15, -0.1) is 0 Å². The number of para-hydroxylation sites is 2. The molecule has 1 saturated heterocycles. The van der Waals surface area contributed by atoms with E-state index in [-0.39, 0.29) is 18.4 Å². The minimum atomic E-state index is -0.743. The highest BCUT2D eigenvalue weighted by Gasteiger charge is 2.23. The van der Waals surface area contributed by atoms with E-state index in [1.165, 1.54) is 0 Å². The maximum Gasteiger partial charge on any atom is 0.184 e. The van der Waals surface area contributed by atoms with Gasteiger partial charge in [0.25, 0.3) is 0 Å². The van der Waals surface area contributed by atoms with E-state index in [4.69, 9.17) is 4.74 Å². The third-order valence-electron chi connectivity index (χ3n) is 5.64. The van der Waals surface area contributed by atoms with E-state index >= 15 is 0 Å². The number of imidazole rings is 1. The molecule has 1 N–H and O–H groups in total. The fourth-order valence-electron chi connectivity index (χ4n) is 4.16. The summed E-state index contributed by atoms with van der Waals surface area (Å²) < 4.78 is 9.78. The van der Waals surface area contributed by atoms with Gasteiger partial charge in [-0.1, -0.05) is 12.1 Å². The van der Waals surface area contributed by atoms with Crippen LogP contribution in [0.5, 0.6) is 0 Å². The maximum atomic E-state index is 13.2. The van der Waals surface area contributed by atoms with E-state index in [2.05, 4.69) is 9.55 Å². The second-order valence-electron chi connectivity index (χ2n) is 7.67. The zero-order valence-corrected chi connectivity index (χ0v) is 16.7. The van der Waals surface area contributed by atoms with Gasteiger partial charge in [0.1, 0.15) is 11.9 Å². The van der Waals surface area contributed by atoms with Crippen molar-refractivity contribution >= 4 is 16.8 Å². The summed E-state index contributed by atoms with van der Waals surface area (Å²) in [5.41, 5.74) is 4.42. The van der Waals surface area contributed by atoms with Gasteiger partial charge in [-0.05, 0) is 51.8 Å². The molecule has 0 saturated carbocycles. The minimum absolute atomic E-state index is 0.0248. The monoisotopic (exact) mass is 381 g/mol. The summed E-state index contributed by atoms with van der Waals surface area (Å²) in [6.45, 7) is 7.48. The molecule has 6 nitrogen and oxygen atoms in total. The summed E-state index contributed by atoms with van der Waals surface area (Å²) in [6, 6.07) is 9.63. The van der Waals surface area contributed by atoms with Crippen molar-refractivity contribution in [2.75, 3.05) is 6.61 Å². The molecule has 1 aliphatic heterocycles. The van der Waals surface area contributed by atoms with Crippen LogP contribution in [-0.2, 0) is 17.8 Å². The van der Waals surface area contributed by atoms with Crippen LogP contribution in [0.2, 0.25) is 0 Å². The zero-order valence-electron chi connectivity index (χ0n) is 16.7. The first-order chi connectivity index (χ1) is 13.5. The molecule has 148 valence electrons. The van der Waals surface area contributed by atoms with Gasteiger partial charge in [0.15, 0.2) is 5.78 Å². The molecular formula is C22H27N3O3. The summed E-state index contributed by atoms with van der Waals surface area (Å²) in [5.74, 6) is 0.541. The maximum absolute atomic E-state index is 13.2. The van der Waals surface area contributed by atoms with E-state index in [0.29, 0.717) is 5.82 Å². The van der Waals surface area contributed by atoms with Crippen LogP contribution in [0.3, 0.4) is 0 Å². The predicted octanol–water partition coefficient (Wildman–Crippen LogP) is 3.57. The normalized spacial score (nSPS) is 18.1. The SMILES string of the molecule is Cc1cc(C(=O)Cn2c([C@@H](C)O)nc3ccccc32)c(C)n1C[C@H]1CCCO1. The number of fused-ring (bicyclic) bond motifs is 1. The molecule has 0 aliphatic carbocycles. The largest absolute Gasteiger partial charge is 0.385 e. The van der Waals surface area contributed by atoms with E-state index in [9.17, 15) is 9.90 Å². The first-order valence-electron chi connectivity index (χ1n) is 9.90. The molecule has 28 heavy (non-hydrogen) atoms. The first kappa shape index (κ1) is 18.9. The molecule has 6 heteroatoms. The van der Waals surface area contributed by atoms with Crippen molar-refractivity contribution in [3.63, 3.8) is 0 Å². The third-order valence-corrected chi connectivity index (χ3v) is 5.64. The number of aliphatic hydroxyl groups is 1. The Balaban J connectivity index is 1.64. The molecule has 4 rings (SSSR count). The van der Waals surface area contributed by atoms with Crippen LogP contribution in [0.1, 0.15) is 53.4 Å². The molecule has 0 unspecified atom stereocenters. The van der Waals surface area contributed by atoms with Gasteiger partial charge >= 0.3 is 0 Å². The number of carbonyl (C=O) groups excluding carboxylic acids is 1. The average Bonchev–Trinajstić information content (AvgIpc) is 3.37. The van der Waals surface area contributed by atoms with Crippen LogP contribution in [-0.4, -0.2) is 37.7 Å². The Morgan fingerprint density at radius 3 is 2.82 bits per heavy atom. The lowest BCUT2D eigenvalue weighted by molar-refractivity contribution is 0.0946. The van der Waals surface area contributed by atoms with Crippen molar-refractivity contribution in [2.24, 2.45) is 0 Å². The lowest BCUT2D eigenvalue weighted by Gasteiger charge is -2.15.